The van der Waals surface area contributed by atoms with E-state index >= 15 is 0 Å². The van der Waals surface area contributed by atoms with Gasteiger partial charge in [0.15, 0.2) is 0 Å². The van der Waals surface area contributed by atoms with Crippen LogP contribution in [0.5, 0.6) is 0 Å². The largest absolute Gasteiger partial charge is 0.468 e. The van der Waals surface area contributed by atoms with Crippen molar-refractivity contribution in [1.29, 1.82) is 0 Å². The summed E-state index contributed by atoms with van der Waals surface area (Å²) >= 11 is 0. The van der Waals surface area contributed by atoms with Crippen LogP contribution in [0.4, 0.5) is 4.79 Å². The quantitative estimate of drug-likeness (QED) is 0.724. The van der Waals surface area contributed by atoms with Gasteiger partial charge < -0.3 is 14.5 Å². The second-order valence-electron chi connectivity index (χ2n) is 4.98. The molecule has 5 nitrogen and oxygen atoms in total. The first-order valence-electron chi connectivity index (χ1n) is 6.68. The fraction of sp³-hybridized carbons (Fsp3) is 0.846. The molecule has 1 rings (SSSR count). The minimum Gasteiger partial charge on any atom is -0.468 e. The molecule has 1 aliphatic heterocycles. The molecule has 1 fully saturated rings. The van der Waals surface area contributed by atoms with Gasteiger partial charge in [-0.1, -0.05) is 12.8 Å². The van der Waals surface area contributed by atoms with Crippen LogP contribution in [-0.4, -0.2) is 54.6 Å². The third-order valence-corrected chi connectivity index (χ3v) is 3.27. The summed E-state index contributed by atoms with van der Waals surface area (Å²) in [5.74, 6) is -0.369. The number of ether oxygens (including phenoxy) is 1. The van der Waals surface area contributed by atoms with Gasteiger partial charge in [0.2, 0.25) is 0 Å². The molecular formula is C13H24N2O3. The van der Waals surface area contributed by atoms with E-state index in [1.807, 2.05) is 18.7 Å². The van der Waals surface area contributed by atoms with Crippen molar-refractivity contribution in [3.63, 3.8) is 0 Å². The smallest absolute Gasteiger partial charge is 0.325 e. The summed E-state index contributed by atoms with van der Waals surface area (Å²) in [6, 6.07) is -0.0443. The Kier molecular flexibility index (Phi) is 5.95. The lowest BCUT2D eigenvalue weighted by Crippen LogP contribution is -2.49. The van der Waals surface area contributed by atoms with Crippen molar-refractivity contribution in [3.8, 4) is 0 Å². The van der Waals surface area contributed by atoms with Crippen LogP contribution in [-0.2, 0) is 9.53 Å². The first-order chi connectivity index (χ1) is 8.56. The second-order valence-corrected chi connectivity index (χ2v) is 4.98. The van der Waals surface area contributed by atoms with Crippen LogP contribution in [0.3, 0.4) is 0 Å². The molecule has 0 unspecified atom stereocenters. The predicted octanol–water partition coefficient (Wildman–Crippen LogP) is 1.87. The van der Waals surface area contributed by atoms with E-state index in [4.69, 9.17) is 0 Å². The molecule has 0 aromatic carbocycles. The summed E-state index contributed by atoms with van der Waals surface area (Å²) in [5.41, 5.74) is 0. The maximum absolute atomic E-state index is 12.4. The van der Waals surface area contributed by atoms with Crippen molar-refractivity contribution in [2.24, 2.45) is 0 Å². The van der Waals surface area contributed by atoms with Gasteiger partial charge in [0.25, 0.3) is 0 Å². The number of nitrogens with zero attached hydrogens (tertiary/aromatic N) is 2. The van der Waals surface area contributed by atoms with Gasteiger partial charge in [-0.2, -0.15) is 0 Å². The molecular weight excluding hydrogens is 232 g/mol. The van der Waals surface area contributed by atoms with E-state index in [0.29, 0.717) is 0 Å². The molecule has 2 amide bonds. The molecule has 0 N–H and O–H groups in total. The molecule has 1 saturated heterocycles. The maximum Gasteiger partial charge on any atom is 0.325 e. The van der Waals surface area contributed by atoms with Gasteiger partial charge in [-0.05, 0) is 26.7 Å². The van der Waals surface area contributed by atoms with Gasteiger partial charge >= 0.3 is 12.0 Å². The predicted molar refractivity (Wildman–Crippen MR) is 69.3 cm³/mol. The van der Waals surface area contributed by atoms with Crippen LogP contribution >= 0.6 is 0 Å². The first-order valence-corrected chi connectivity index (χ1v) is 6.68. The number of hydrogen-bond acceptors (Lipinski definition) is 3. The summed E-state index contributed by atoms with van der Waals surface area (Å²) in [6.45, 7) is 5.45. The number of esters is 1. The van der Waals surface area contributed by atoms with Crippen LogP contribution < -0.4 is 0 Å². The number of carbonyl (C=O) groups is 2. The summed E-state index contributed by atoms with van der Waals surface area (Å²) in [6.07, 6.45) is 4.47. The molecule has 104 valence electrons. The van der Waals surface area contributed by atoms with Gasteiger partial charge in [0.1, 0.15) is 6.54 Å². The Bertz CT molecular complexity index is 284. The molecule has 1 aliphatic rings. The van der Waals surface area contributed by atoms with Crippen molar-refractivity contribution >= 4 is 12.0 Å². The highest BCUT2D eigenvalue weighted by molar-refractivity contribution is 5.81. The molecule has 0 aromatic rings. The summed E-state index contributed by atoms with van der Waals surface area (Å²) in [5, 5.41) is 0. The third-order valence-electron chi connectivity index (χ3n) is 3.27. The van der Waals surface area contributed by atoms with Gasteiger partial charge in [0, 0.05) is 19.1 Å². The molecule has 0 aromatic heterocycles. The van der Waals surface area contributed by atoms with E-state index in [9.17, 15) is 9.59 Å². The number of likely N-dealkylation sites (tertiary alicyclic amines) is 1. The van der Waals surface area contributed by atoms with Crippen LogP contribution in [0.25, 0.3) is 0 Å². The lowest BCUT2D eigenvalue weighted by atomic mass is 10.2. The zero-order chi connectivity index (χ0) is 13.5. The van der Waals surface area contributed by atoms with Gasteiger partial charge in [-0.25, -0.2) is 4.79 Å². The van der Waals surface area contributed by atoms with Crippen molar-refractivity contribution in [2.45, 2.75) is 45.6 Å². The number of urea groups is 1. The lowest BCUT2D eigenvalue weighted by molar-refractivity contribution is -0.141. The standard InChI is InChI=1S/C13H24N2O3/c1-11(2)15(10-12(16)18-3)13(17)14-8-6-4-5-7-9-14/h11H,4-10H2,1-3H3. The van der Waals surface area contributed by atoms with Crippen molar-refractivity contribution in [3.05, 3.63) is 0 Å². The Morgan fingerprint density at radius 3 is 2.17 bits per heavy atom. The van der Waals surface area contributed by atoms with E-state index in [1.54, 1.807) is 4.90 Å². The third kappa shape index (κ3) is 4.20. The number of hydrogen-bond donors (Lipinski definition) is 0. The summed E-state index contributed by atoms with van der Waals surface area (Å²) in [4.78, 5) is 27.2. The van der Waals surface area contributed by atoms with E-state index < -0.39 is 0 Å². The number of methoxy groups -OCH3 is 1. The number of carbonyl (C=O) groups excluding carboxylic acids is 2. The zero-order valence-electron chi connectivity index (χ0n) is 11.6. The molecule has 18 heavy (non-hydrogen) atoms. The Morgan fingerprint density at radius 1 is 1.17 bits per heavy atom. The summed E-state index contributed by atoms with van der Waals surface area (Å²) in [7, 11) is 1.34. The Labute approximate surface area is 109 Å². The Hall–Kier alpha value is -1.26. The number of amides is 2. The normalized spacial score (nSPS) is 16.3. The minimum atomic E-state index is -0.369. The molecule has 0 atom stereocenters. The highest BCUT2D eigenvalue weighted by atomic mass is 16.5. The van der Waals surface area contributed by atoms with E-state index in [0.717, 1.165) is 25.9 Å². The topological polar surface area (TPSA) is 49.9 Å². The Morgan fingerprint density at radius 2 is 1.72 bits per heavy atom. The van der Waals surface area contributed by atoms with Crippen molar-refractivity contribution < 1.29 is 14.3 Å². The first kappa shape index (κ1) is 14.8. The number of rotatable bonds is 3. The zero-order valence-corrected chi connectivity index (χ0v) is 11.6. The van der Waals surface area contributed by atoms with Crippen LogP contribution in [0.15, 0.2) is 0 Å². The minimum absolute atomic E-state index is 0.000136. The van der Waals surface area contributed by atoms with Crippen LogP contribution in [0.1, 0.15) is 39.5 Å². The highest BCUT2D eigenvalue weighted by Gasteiger charge is 2.25. The lowest BCUT2D eigenvalue weighted by Gasteiger charge is -2.31. The fourth-order valence-electron chi connectivity index (χ4n) is 2.12. The molecule has 1 heterocycles. The molecule has 0 spiro atoms. The van der Waals surface area contributed by atoms with Crippen molar-refractivity contribution in [2.75, 3.05) is 26.7 Å². The van der Waals surface area contributed by atoms with E-state index in [2.05, 4.69) is 4.74 Å². The van der Waals surface area contributed by atoms with Gasteiger partial charge in [-0.15, -0.1) is 0 Å². The molecule has 0 saturated carbocycles. The average Bonchev–Trinajstić information content (AvgIpc) is 2.63. The van der Waals surface area contributed by atoms with Gasteiger partial charge in [0.05, 0.1) is 7.11 Å². The maximum atomic E-state index is 12.4. The van der Waals surface area contributed by atoms with Crippen LogP contribution in [0.2, 0.25) is 0 Å². The molecule has 0 aliphatic carbocycles. The summed E-state index contributed by atoms with van der Waals surface area (Å²) < 4.78 is 4.64. The fourth-order valence-corrected chi connectivity index (χ4v) is 2.12. The molecule has 0 radical (unpaired) electrons. The average molecular weight is 256 g/mol. The SMILES string of the molecule is COC(=O)CN(C(=O)N1CCCCCC1)C(C)C. The van der Waals surface area contributed by atoms with E-state index in [1.165, 1.54) is 20.0 Å². The Balaban J connectivity index is 2.65. The van der Waals surface area contributed by atoms with E-state index in [-0.39, 0.29) is 24.6 Å². The second kappa shape index (κ2) is 7.24. The van der Waals surface area contributed by atoms with Crippen molar-refractivity contribution in [1.82, 2.24) is 9.80 Å². The highest BCUT2D eigenvalue weighted by Crippen LogP contribution is 2.13. The monoisotopic (exact) mass is 256 g/mol. The van der Waals surface area contributed by atoms with Gasteiger partial charge in [-0.3, -0.25) is 4.79 Å². The molecule has 5 heteroatoms. The van der Waals surface area contributed by atoms with Crippen LogP contribution in [0, 0.1) is 0 Å². The molecule has 0 bridgehead atoms.